The highest BCUT2D eigenvalue weighted by Crippen LogP contribution is 2.28. The first kappa shape index (κ1) is 23.2. The van der Waals surface area contributed by atoms with Gasteiger partial charge in [-0.1, -0.05) is 30.7 Å². The number of amides is 1. The fraction of sp³-hybridized carbons (Fsp3) is 0.435. The van der Waals surface area contributed by atoms with Gasteiger partial charge in [-0.25, -0.2) is 13.1 Å². The van der Waals surface area contributed by atoms with E-state index in [9.17, 15) is 13.2 Å². The Morgan fingerprint density at radius 3 is 2.61 bits per heavy atom. The molecule has 3 rings (SSSR count). The van der Waals surface area contributed by atoms with E-state index in [0.29, 0.717) is 17.2 Å². The van der Waals surface area contributed by atoms with Gasteiger partial charge in [0.25, 0.3) is 5.91 Å². The molecule has 7 nitrogen and oxygen atoms in total. The lowest BCUT2D eigenvalue weighted by Crippen LogP contribution is -2.32. The van der Waals surface area contributed by atoms with Gasteiger partial charge in [0, 0.05) is 13.1 Å². The molecule has 168 valence electrons. The predicted octanol–water partition coefficient (Wildman–Crippen LogP) is 2.95. The lowest BCUT2D eigenvalue weighted by Gasteiger charge is -2.23. The summed E-state index contributed by atoms with van der Waals surface area (Å²) in [4.78, 5) is 14.2. The highest BCUT2D eigenvalue weighted by molar-refractivity contribution is 7.89. The van der Waals surface area contributed by atoms with Gasteiger partial charge < -0.3 is 15.0 Å². The van der Waals surface area contributed by atoms with Crippen molar-refractivity contribution in [3.05, 3.63) is 53.6 Å². The van der Waals surface area contributed by atoms with Crippen molar-refractivity contribution in [2.45, 2.75) is 38.0 Å². The Morgan fingerprint density at radius 2 is 1.87 bits per heavy atom. The van der Waals surface area contributed by atoms with Crippen molar-refractivity contribution in [2.75, 3.05) is 38.1 Å². The minimum atomic E-state index is -3.47. The lowest BCUT2D eigenvalue weighted by atomic mass is 10.1. The second-order valence-corrected chi connectivity index (χ2v) is 9.59. The molecule has 1 aliphatic rings. The van der Waals surface area contributed by atoms with Crippen molar-refractivity contribution >= 4 is 21.6 Å². The molecular weight excluding hydrogens is 414 g/mol. The number of fused-ring (bicyclic) bond motifs is 1. The SMILES string of the molecule is CCCN(CCCNS(=O)(=O)c1ccc(C)cc1)CCc1ccc2c(c1)NC(=O)CO2. The Hall–Kier alpha value is -2.42. The van der Waals surface area contributed by atoms with E-state index in [-0.39, 0.29) is 12.5 Å². The number of rotatable bonds is 11. The number of carbonyl (C=O) groups is 1. The van der Waals surface area contributed by atoms with E-state index < -0.39 is 10.0 Å². The summed E-state index contributed by atoms with van der Waals surface area (Å²) in [6.07, 6.45) is 2.61. The van der Waals surface area contributed by atoms with Crippen molar-refractivity contribution in [2.24, 2.45) is 0 Å². The summed E-state index contributed by atoms with van der Waals surface area (Å²) >= 11 is 0. The summed E-state index contributed by atoms with van der Waals surface area (Å²) < 4.78 is 32.9. The van der Waals surface area contributed by atoms with Crippen LogP contribution in [0.1, 0.15) is 30.9 Å². The molecule has 2 N–H and O–H groups in total. The van der Waals surface area contributed by atoms with Gasteiger partial charge in [-0.15, -0.1) is 0 Å². The molecule has 0 fully saturated rings. The molecule has 31 heavy (non-hydrogen) atoms. The fourth-order valence-electron chi connectivity index (χ4n) is 3.53. The zero-order valence-corrected chi connectivity index (χ0v) is 19.0. The molecule has 8 heteroatoms. The number of benzene rings is 2. The van der Waals surface area contributed by atoms with Crippen LogP contribution in [-0.2, 0) is 21.2 Å². The Bertz CT molecular complexity index is 990. The molecule has 0 aromatic heterocycles. The number of ether oxygens (including phenoxy) is 1. The predicted molar refractivity (Wildman–Crippen MR) is 122 cm³/mol. The second kappa shape index (κ2) is 10.7. The number of carbonyl (C=O) groups excluding carboxylic acids is 1. The van der Waals surface area contributed by atoms with Crippen LogP contribution in [0.15, 0.2) is 47.4 Å². The molecule has 0 atom stereocenters. The highest BCUT2D eigenvalue weighted by atomic mass is 32.2. The van der Waals surface area contributed by atoms with Gasteiger partial charge in [0.05, 0.1) is 10.6 Å². The maximum absolute atomic E-state index is 12.4. The largest absolute Gasteiger partial charge is 0.482 e. The van der Waals surface area contributed by atoms with Crippen LogP contribution < -0.4 is 14.8 Å². The monoisotopic (exact) mass is 445 g/mol. The minimum Gasteiger partial charge on any atom is -0.482 e. The third kappa shape index (κ3) is 6.78. The van der Waals surface area contributed by atoms with Gasteiger partial charge in [0.15, 0.2) is 6.61 Å². The van der Waals surface area contributed by atoms with Crippen molar-refractivity contribution in [1.82, 2.24) is 9.62 Å². The normalized spacial score (nSPS) is 13.6. The standard InChI is InChI=1S/C23H31N3O4S/c1-3-13-26(14-4-12-24-31(28,29)20-8-5-18(2)6-9-20)15-11-19-7-10-22-21(16-19)25-23(27)17-30-22/h5-10,16,24H,3-4,11-15,17H2,1-2H3,(H,25,27). The van der Waals surface area contributed by atoms with Crippen LogP contribution in [0.5, 0.6) is 5.75 Å². The summed E-state index contributed by atoms with van der Waals surface area (Å²) in [5.74, 6) is 0.569. The van der Waals surface area contributed by atoms with Crippen LogP contribution in [0.4, 0.5) is 5.69 Å². The summed E-state index contributed by atoms with van der Waals surface area (Å²) in [6, 6.07) is 12.8. The van der Waals surface area contributed by atoms with Gasteiger partial charge in [-0.2, -0.15) is 0 Å². The van der Waals surface area contributed by atoms with Crippen LogP contribution in [0.2, 0.25) is 0 Å². The third-order valence-corrected chi connectivity index (χ3v) is 6.68. The van der Waals surface area contributed by atoms with Gasteiger partial charge in [-0.05, 0) is 69.1 Å². The molecule has 0 spiro atoms. The van der Waals surface area contributed by atoms with E-state index in [1.807, 2.05) is 25.1 Å². The molecule has 2 aromatic rings. The summed E-state index contributed by atoms with van der Waals surface area (Å²) in [7, 11) is -3.47. The molecule has 0 bridgehead atoms. The molecule has 1 amide bonds. The minimum absolute atomic E-state index is 0.0598. The van der Waals surface area contributed by atoms with Crippen molar-refractivity contribution < 1.29 is 17.9 Å². The lowest BCUT2D eigenvalue weighted by molar-refractivity contribution is -0.118. The fourth-order valence-corrected chi connectivity index (χ4v) is 4.61. The number of sulfonamides is 1. The maximum Gasteiger partial charge on any atom is 0.262 e. The van der Waals surface area contributed by atoms with E-state index in [0.717, 1.165) is 55.7 Å². The average Bonchev–Trinajstić information content (AvgIpc) is 2.75. The van der Waals surface area contributed by atoms with E-state index in [1.165, 1.54) is 0 Å². The number of anilines is 1. The van der Waals surface area contributed by atoms with Gasteiger partial charge in [0.2, 0.25) is 10.0 Å². The van der Waals surface area contributed by atoms with Crippen LogP contribution in [0.25, 0.3) is 0 Å². The van der Waals surface area contributed by atoms with Crippen molar-refractivity contribution in [3.8, 4) is 5.75 Å². The third-order valence-electron chi connectivity index (χ3n) is 5.21. The molecular formula is C23H31N3O4S. The maximum atomic E-state index is 12.4. The average molecular weight is 446 g/mol. The molecule has 1 heterocycles. The Balaban J connectivity index is 1.47. The first-order valence-electron chi connectivity index (χ1n) is 10.7. The first-order valence-corrected chi connectivity index (χ1v) is 12.2. The quantitative estimate of drug-likeness (QED) is 0.519. The molecule has 0 saturated heterocycles. The molecule has 2 aromatic carbocycles. The van der Waals surface area contributed by atoms with E-state index in [1.54, 1.807) is 24.3 Å². The summed E-state index contributed by atoms with van der Waals surface area (Å²) in [5.41, 5.74) is 2.88. The molecule has 0 saturated carbocycles. The molecule has 0 unspecified atom stereocenters. The molecule has 1 aliphatic heterocycles. The number of nitrogens with one attached hydrogen (secondary N) is 2. The Kier molecular flexibility index (Phi) is 8.06. The van der Waals surface area contributed by atoms with Gasteiger partial charge in [-0.3, -0.25) is 4.79 Å². The summed E-state index contributed by atoms with van der Waals surface area (Å²) in [6.45, 7) is 7.17. The Labute approximate surface area is 184 Å². The van der Waals surface area contributed by atoms with E-state index >= 15 is 0 Å². The highest BCUT2D eigenvalue weighted by Gasteiger charge is 2.16. The van der Waals surface area contributed by atoms with Crippen LogP contribution in [0.3, 0.4) is 0 Å². The topological polar surface area (TPSA) is 87.7 Å². The van der Waals surface area contributed by atoms with Gasteiger partial charge >= 0.3 is 0 Å². The smallest absolute Gasteiger partial charge is 0.262 e. The zero-order chi connectivity index (χ0) is 22.3. The first-order chi connectivity index (χ1) is 14.9. The van der Waals surface area contributed by atoms with Crippen LogP contribution >= 0.6 is 0 Å². The van der Waals surface area contributed by atoms with Crippen molar-refractivity contribution in [3.63, 3.8) is 0 Å². The molecule has 0 radical (unpaired) electrons. The van der Waals surface area contributed by atoms with E-state index in [2.05, 4.69) is 21.9 Å². The number of nitrogens with zero attached hydrogens (tertiary/aromatic N) is 1. The Morgan fingerprint density at radius 1 is 1.10 bits per heavy atom. The van der Waals surface area contributed by atoms with Crippen LogP contribution in [-0.4, -0.2) is 52.0 Å². The number of hydrogen-bond donors (Lipinski definition) is 2. The number of hydrogen-bond acceptors (Lipinski definition) is 5. The molecule has 0 aliphatic carbocycles. The van der Waals surface area contributed by atoms with E-state index in [4.69, 9.17) is 4.74 Å². The zero-order valence-electron chi connectivity index (χ0n) is 18.2. The van der Waals surface area contributed by atoms with Crippen LogP contribution in [0, 0.1) is 6.92 Å². The number of aryl methyl sites for hydroxylation is 1. The van der Waals surface area contributed by atoms with Crippen molar-refractivity contribution in [1.29, 1.82) is 0 Å². The van der Waals surface area contributed by atoms with Gasteiger partial charge in [0.1, 0.15) is 5.75 Å². The summed E-state index contributed by atoms with van der Waals surface area (Å²) in [5, 5.41) is 2.84. The second-order valence-electron chi connectivity index (χ2n) is 7.82.